The number of rotatable bonds is 5. The van der Waals surface area contributed by atoms with Gasteiger partial charge in [0.1, 0.15) is 5.75 Å². The number of carbonyl (C=O) groups excluding carboxylic acids is 2. The number of carbonyl (C=O) groups is 2. The first-order valence-corrected chi connectivity index (χ1v) is 8.94. The SMILES string of the molecule is O=C(COc1ccc(NC(=O)N2CCC[C@H]2CO)cc1)N1CCOCC1. The second-order valence-electron chi connectivity index (χ2n) is 6.41. The first-order valence-electron chi connectivity index (χ1n) is 8.94. The van der Waals surface area contributed by atoms with E-state index in [1.165, 1.54) is 0 Å². The summed E-state index contributed by atoms with van der Waals surface area (Å²) in [6.07, 6.45) is 1.73. The van der Waals surface area contributed by atoms with Crippen LogP contribution in [0.4, 0.5) is 10.5 Å². The van der Waals surface area contributed by atoms with Gasteiger partial charge < -0.3 is 29.7 Å². The number of benzene rings is 1. The molecule has 0 radical (unpaired) electrons. The number of amides is 3. The minimum absolute atomic E-state index is 0.0162. The van der Waals surface area contributed by atoms with E-state index in [9.17, 15) is 14.7 Å². The summed E-state index contributed by atoms with van der Waals surface area (Å²) in [4.78, 5) is 27.7. The third-order valence-electron chi connectivity index (χ3n) is 4.68. The molecule has 0 spiro atoms. The van der Waals surface area contributed by atoms with Crippen LogP contribution in [0.3, 0.4) is 0 Å². The molecule has 1 atom stereocenters. The maximum Gasteiger partial charge on any atom is 0.322 e. The van der Waals surface area contributed by atoms with Crippen LogP contribution < -0.4 is 10.1 Å². The van der Waals surface area contributed by atoms with Crippen LogP contribution in [-0.4, -0.2) is 78.9 Å². The van der Waals surface area contributed by atoms with Crippen LogP contribution >= 0.6 is 0 Å². The van der Waals surface area contributed by atoms with Gasteiger partial charge in [-0.1, -0.05) is 0 Å². The highest BCUT2D eigenvalue weighted by molar-refractivity contribution is 5.89. The summed E-state index contributed by atoms with van der Waals surface area (Å²) in [5.41, 5.74) is 0.644. The van der Waals surface area contributed by atoms with Gasteiger partial charge in [0.15, 0.2) is 6.61 Å². The normalized spacial score (nSPS) is 20.1. The minimum atomic E-state index is -0.210. The molecule has 2 fully saturated rings. The van der Waals surface area contributed by atoms with Crippen molar-refractivity contribution in [2.24, 2.45) is 0 Å². The Morgan fingerprint density at radius 2 is 1.92 bits per heavy atom. The van der Waals surface area contributed by atoms with E-state index in [0.29, 0.717) is 44.3 Å². The molecule has 2 aliphatic heterocycles. The maximum atomic E-state index is 12.3. The molecule has 3 rings (SSSR count). The van der Waals surface area contributed by atoms with Gasteiger partial charge in [0.05, 0.1) is 25.9 Å². The van der Waals surface area contributed by atoms with Gasteiger partial charge in [0.25, 0.3) is 5.91 Å². The van der Waals surface area contributed by atoms with Gasteiger partial charge >= 0.3 is 6.03 Å². The Hall–Kier alpha value is -2.32. The Morgan fingerprint density at radius 3 is 2.62 bits per heavy atom. The van der Waals surface area contributed by atoms with Crippen molar-refractivity contribution in [3.63, 3.8) is 0 Å². The second-order valence-corrected chi connectivity index (χ2v) is 6.41. The highest BCUT2D eigenvalue weighted by atomic mass is 16.5. The van der Waals surface area contributed by atoms with Crippen LogP contribution in [0.1, 0.15) is 12.8 Å². The number of likely N-dealkylation sites (tertiary alicyclic amines) is 1. The zero-order valence-electron chi connectivity index (χ0n) is 14.7. The lowest BCUT2D eigenvalue weighted by molar-refractivity contribution is -0.137. The van der Waals surface area contributed by atoms with Crippen molar-refractivity contribution in [2.75, 3.05) is 51.4 Å². The van der Waals surface area contributed by atoms with Gasteiger partial charge in [-0.3, -0.25) is 4.79 Å². The van der Waals surface area contributed by atoms with E-state index in [1.807, 2.05) is 0 Å². The summed E-state index contributed by atoms with van der Waals surface area (Å²) in [7, 11) is 0. The van der Waals surface area contributed by atoms with Gasteiger partial charge in [-0.05, 0) is 37.1 Å². The van der Waals surface area contributed by atoms with E-state index in [2.05, 4.69) is 5.32 Å². The third-order valence-corrected chi connectivity index (χ3v) is 4.68. The molecular formula is C18H25N3O5. The number of aliphatic hydroxyl groups excluding tert-OH is 1. The fourth-order valence-electron chi connectivity index (χ4n) is 3.17. The maximum absolute atomic E-state index is 12.3. The molecule has 142 valence electrons. The van der Waals surface area contributed by atoms with Crippen LogP contribution in [0.25, 0.3) is 0 Å². The average molecular weight is 363 g/mol. The molecule has 0 bridgehead atoms. The van der Waals surface area contributed by atoms with Crippen LogP contribution in [-0.2, 0) is 9.53 Å². The highest BCUT2D eigenvalue weighted by Gasteiger charge is 2.28. The Balaban J connectivity index is 1.47. The lowest BCUT2D eigenvalue weighted by Crippen LogP contribution is -2.42. The van der Waals surface area contributed by atoms with Crippen molar-refractivity contribution >= 4 is 17.6 Å². The predicted molar refractivity (Wildman–Crippen MR) is 95.2 cm³/mol. The Labute approximate surface area is 152 Å². The van der Waals surface area contributed by atoms with E-state index in [1.54, 1.807) is 34.1 Å². The molecule has 2 N–H and O–H groups in total. The Bertz CT molecular complexity index is 616. The lowest BCUT2D eigenvalue weighted by atomic mass is 10.2. The standard InChI is InChI=1S/C18H25N3O5/c22-12-15-2-1-7-21(15)18(24)19-14-3-5-16(6-4-14)26-13-17(23)20-8-10-25-11-9-20/h3-6,15,22H,1-2,7-13H2,(H,19,24)/t15-/m0/s1. The lowest BCUT2D eigenvalue weighted by Gasteiger charge is -2.26. The van der Waals surface area contributed by atoms with E-state index in [0.717, 1.165) is 12.8 Å². The number of morpholine rings is 1. The fraction of sp³-hybridized carbons (Fsp3) is 0.556. The van der Waals surface area contributed by atoms with Gasteiger partial charge in [-0.2, -0.15) is 0 Å². The fourth-order valence-corrected chi connectivity index (χ4v) is 3.17. The molecule has 3 amide bonds. The Kier molecular flexibility index (Phi) is 6.30. The van der Waals surface area contributed by atoms with Gasteiger partial charge in [-0.25, -0.2) is 4.79 Å². The van der Waals surface area contributed by atoms with Crippen LogP contribution in [0, 0.1) is 0 Å². The van der Waals surface area contributed by atoms with Crippen molar-refractivity contribution in [3.8, 4) is 5.75 Å². The molecular weight excluding hydrogens is 338 g/mol. The third kappa shape index (κ3) is 4.64. The monoisotopic (exact) mass is 363 g/mol. The molecule has 8 nitrogen and oxygen atoms in total. The van der Waals surface area contributed by atoms with Crippen molar-refractivity contribution in [1.29, 1.82) is 0 Å². The summed E-state index contributed by atoms with van der Waals surface area (Å²) in [6, 6.07) is 6.58. The first-order chi connectivity index (χ1) is 12.7. The number of hydrogen-bond acceptors (Lipinski definition) is 5. The summed E-state index contributed by atoms with van der Waals surface area (Å²) in [6.45, 7) is 2.94. The van der Waals surface area contributed by atoms with Crippen molar-refractivity contribution in [3.05, 3.63) is 24.3 Å². The molecule has 0 aromatic heterocycles. The van der Waals surface area contributed by atoms with E-state index in [-0.39, 0.29) is 31.2 Å². The summed E-state index contributed by atoms with van der Waals surface area (Å²) in [5, 5.41) is 12.1. The molecule has 1 aromatic rings. The molecule has 26 heavy (non-hydrogen) atoms. The van der Waals surface area contributed by atoms with Crippen LogP contribution in [0.15, 0.2) is 24.3 Å². The molecule has 0 aliphatic carbocycles. The number of nitrogens with one attached hydrogen (secondary N) is 1. The van der Waals surface area contributed by atoms with Crippen molar-refractivity contribution < 1.29 is 24.2 Å². The second kappa shape index (κ2) is 8.86. The Morgan fingerprint density at radius 1 is 1.19 bits per heavy atom. The summed E-state index contributed by atoms with van der Waals surface area (Å²) < 4.78 is 10.7. The number of urea groups is 1. The quantitative estimate of drug-likeness (QED) is 0.812. The zero-order chi connectivity index (χ0) is 18.4. The van der Waals surface area contributed by atoms with Crippen molar-refractivity contribution in [2.45, 2.75) is 18.9 Å². The molecule has 2 heterocycles. The number of aliphatic hydroxyl groups is 1. The molecule has 0 saturated carbocycles. The van der Waals surface area contributed by atoms with Crippen molar-refractivity contribution in [1.82, 2.24) is 9.80 Å². The predicted octanol–water partition coefficient (Wildman–Crippen LogP) is 0.913. The number of anilines is 1. The zero-order valence-corrected chi connectivity index (χ0v) is 14.7. The first kappa shape index (κ1) is 18.5. The summed E-state index contributed by atoms with van der Waals surface area (Å²) >= 11 is 0. The van der Waals surface area contributed by atoms with E-state index >= 15 is 0 Å². The molecule has 0 unspecified atom stereocenters. The number of hydrogen-bond donors (Lipinski definition) is 2. The summed E-state index contributed by atoms with van der Waals surface area (Å²) in [5.74, 6) is 0.508. The highest BCUT2D eigenvalue weighted by Crippen LogP contribution is 2.20. The smallest absolute Gasteiger partial charge is 0.322 e. The van der Waals surface area contributed by atoms with Crippen LogP contribution in [0.5, 0.6) is 5.75 Å². The van der Waals surface area contributed by atoms with Gasteiger partial charge in [0, 0.05) is 25.3 Å². The van der Waals surface area contributed by atoms with Gasteiger partial charge in [0.2, 0.25) is 0 Å². The molecule has 1 aromatic carbocycles. The molecule has 2 saturated heterocycles. The van der Waals surface area contributed by atoms with Crippen LogP contribution in [0.2, 0.25) is 0 Å². The van der Waals surface area contributed by atoms with E-state index in [4.69, 9.17) is 9.47 Å². The molecule has 2 aliphatic rings. The topological polar surface area (TPSA) is 91.3 Å². The molecule has 8 heteroatoms. The number of ether oxygens (including phenoxy) is 2. The minimum Gasteiger partial charge on any atom is -0.484 e. The van der Waals surface area contributed by atoms with E-state index < -0.39 is 0 Å². The average Bonchev–Trinajstić information content (AvgIpc) is 3.17. The van der Waals surface area contributed by atoms with Gasteiger partial charge in [-0.15, -0.1) is 0 Å². The largest absolute Gasteiger partial charge is 0.484 e. The number of nitrogens with zero attached hydrogens (tertiary/aromatic N) is 2.